The predicted molar refractivity (Wildman–Crippen MR) is 88.6 cm³/mol. The minimum atomic E-state index is -0.568. The van der Waals surface area contributed by atoms with Gasteiger partial charge in [-0.15, -0.1) is 0 Å². The quantitative estimate of drug-likeness (QED) is 0.837. The highest BCUT2D eigenvalue weighted by atomic mass is 16.3. The lowest BCUT2D eigenvalue weighted by Crippen LogP contribution is -2.46. The van der Waals surface area contributed by atoms with Crippen LogP contribution >= 0.6 is 0 Å². The molecule has 1 aromatic carbocycles. The number of hydrogen-bond donors (Lipinski definition) is 2. The van der Waals surface area contributed by atoms with E-state index in [9.17, 15) is 14.7 Å². The van der Waals surface area contributed by atoms with Gasteiger partial charge in [0.25, 0.3) is 0 Å². The average molecular weight is 318 g/mol. The van der Waals surface area contributed by atoms with E-state index in [0.717, 1.165) is 5.56 Å². The van der Waals surface area contributed by atoms with E-state index in [-0.39, 0.29) is 24.3 Å². The fourth-order valence-corrected chi connectivity index (χ4v) is 2.65. The van der Waals surface area contributed by atoms with Crippen molar-refractivity contribution in [2.45, 2.75) is 52.3 Å². The molecule has 23 heavy (non-hydrogen) atoms. The summed E-state index contributed by atoms with van der Waals surface area (Å²) >= 11 is 0. The van der Waals surface area contributed by atoms with Crippen molar-refractivity contribution in [3.8, 4) is 0 Å². The van der Waals surface area contributed by atoms with Gasteiger partial charge >= 0.3 is 0 Å². The first-order chi connectivity index (χ1) is 10.9. The Hall–Kier alpha value is -1.88. The SMILES string of the molecule is Cc1ccc(CN2C(=O)CCC2C(=O)NCC(O)C(C)C)cc1. The van der Waals surface area contributed by atoms with E-state index in [4.69, 9.17) is 0 Å². The number of hydrogen-bond acceptors (Lipinski definition) is 3. The van der Waals surface area contributed by atoms with Crippen LogP contribution in [-0.2, 0) is 16.1 Å². The Morgan fingerprint density at radius 2 is 2.00 bits per heavy atom. The lowest BCUT2D eigenvalue weighted by atomic mass is 10.1. The van der Waals surface area contributed by atoms with Crippen LogP contribution in [0.2, 0.25) is 0 Å². The molecule has 1 saturated heterocycles. The average Bonchev–Trinajstić information content (AvgIpc) is 2.88. The second kappa shape index (κ2) is 7.59. The molecule has 0 bridgehead atoms. The van der Waals surface area contributed by atoms with E-state index < -0.39 is 12.1 Å². The maximum absolute atomic E-state index is 12.4. The van der Waals surface area contributed by atoms with Crippen LogP contribution in [0.3, 0.4) is 0 Å². The number of aryl methyl sites for hydroxylation is 1. The van der Waals surface area contributed by atoms with Crippen molar-refractivity contribution in [3.63, 3.8) is 0 Å². The molecule has 0 aromatic heterocycles. The normalized spacial score (nSPS) is 19.3. The maximum atomic E-state index is 12.4. The fraction of sp³-hybridized carbons (Fsp3) is 0.556. The summed E-state index contributed by atoms with van der Waals surface area (Å²) in [5.41, 5.74) is 2.18. The van der Waals surface area contributed by atoms with Crippen molar-refractivity contribution in [3.05, 3.63) is 35.4 Å². The summed E-state index contributed by atoms with van der Waals surface area (Å²) in [6, 6.07) is 7.54. The van der Waals surface area contributed by atoms with Crippen LogP contribution in [0.25, 0.3) is 0 Å². The van der Waals surface area contributed by atoms with Crippen LogP contribution in [-0.4, -0.2) is 40.5 Å². The molecule has 1 aromatic rings. The highest BCUT2D eigenvalue weighted by Gasteiger charge is 2.35. The van der Waals surface area contributed by atoms with Gasteiger partial charge in [-0.2, -0.15) is 0 Å². The number of benzene rings is 1. The molecular weight excluding hydrogens is 292 g/mol. The van der Waals surface area contributed by atoms with E-state index >= 15 is 0 Å². The van der Waals surface area contributed by atoms with Gasteiger partial charge in [-0.25, -0.2) is 0 Å². The monoisotopic (exact) mass is 318 g/mol. The van der Waals surface area contributed by atoms with Crippen LogP contribution in [0, 0.1) is 12.8 Å². The minimum absolute atomic E-state index is 0.00938. The molecule has 1 aliphatic rings. The summed E-state index contributed by atoms with van der Waals surface area (Å²) in [6.07, 6.45) is 0.368. The molecule has 5 heteroatoms. The van der Waals surface area contributed by atoms with Crippen LogP contribution in [0.15, 0.2) is 24.3 Å². The number of aliphatic hydroxyl groups is 1. The number of rotatable bonds is 6. The zero-order valence-electron chi connectivity index (χ0n) is 14.1. The Kier molecular flexibility index (Phi) is 5.77. The minimum Gasteiger partial charge on any atom is -0.391 e. The van der Waals surface area contributed by atoms with Gasteiger partial charge in [0.2, 0.25) is 11.8 Å². The van der Waals surface area contributed by atoms with Crippen LogP contribution in [0.1, 0.15) is 37.8 Å². The Bertz CT molecular complexity index is 554. The van der Waals surface area contributed by atoms with E-state index in [2.05, 4.69) is 5.32 Å². The number of nitrogens with zero attached hydrogens (tertiary/aromatic N) is 1. The number of carbonyl (C=O) groups is 2. The Morgan fingerprint density at radius 3 is 2.61 bits per heavy atom. The molecule has 1 fully saturated rings. The van der Waals surface area contributed by atoms with Gasteiger partial charge in [-0.05, 0) is 24.8 Å². The van der Waals surface area contributed by atoms with Crippen molar-refractivity contribution in [1.29, 1.82) is 0 Å². The first-order valence-electron chi connectivity index (χ1n) is 8.19. The van der Waals surface area contributed by atoms with Gasteiger partial charge in [0, 0.05) is 19.5 Å². The van der Waals surface area contributed by atoms with Gasteiger partial charge in [0.05, 0.1) is 6.10 Å². The van der Waals surface area contributed by atoms with Gasteiger partial charge < -0.3 is 15.3 Å². The summed E-state index contributed by atoms with van der Waals surface area (Å²) in [5, 5.41) is 12.6. The number of nitrogens with one attached hydrogen (secondary N) is 1. The number of carbonyl (C=O) groups excluding carboxylic acids is 2. The van der Waals surface area contributed by atoms with Gasteiger partial charge in [-0.1, -0.05) is 43.7 Å². The molecule has 2 rings (SSSR count). The molecule has 0 spiro atoms. The summed E-state index contributed by atoms with van der Waals surface area (Å²) in [7, 11) is 0. The zero-order chi connectivity index (χ0) is 17.0. The largest absolute Gasteiger partial charge is 0.391 e. The van der Waals surface area contributed by atoms with Gasteiger partial charge in [-0.3, -0.25) is 9.59 Å². The van der Waals surface area contributed by atoms with Gasteiger partial charge in [0.1, 0.15) is 6.04 Å². The molecule has 2 amide bonds. The number of likely N-dealkylation sites (tertiary alicyclic amines) is 1. The summed E-state index contributed by atoms with van der Waals surface area (Å²) in [5.74, 6) is -0.0815. The Morgan fingerprint density at radius 1 is 1.35 bits per heavy atom. The standard InChI is InChI=1S/C18H26N2O3/c1-12(2)16(21)10-19-18(23)15-8-9-17(22)20(15)11-14-6-4-13(3)5-7-14/h4-7,12,15-16,21H,8-11H2,1-3H3,(H,19,23). The van der Waals surface area contributed by atoms with Gasteiger partial charge in [0.15, 0.2) is 0 Å². The Labute approximate surface area is 137 Å². The van der Waals surface area contributed by atoms with Crippen LogP contribution in [0.4, 0.5) is 0 Å². The molecule has 0 aliphatic carbocycles. The number of aliphatic hydroxyl groups excluding tert-OH is 1. The van der Waals surface area contributed by atoms with Crippen molar-refractivity contribution in [1.82, 2.24) is 10.2 Å². The van der Waals surface area contributed by atoms with E-state index in [1.165, 1.54) is 5.56 Å². The molecule has 126 valence electrons. The van der Waals surface area contributed by atoms with E-state index in [1.807, 2.05) is 45.0 Å². The second-order valence-corrected chi connectivity index (χ2v) is 6.62. The lowest BCUT2D eigenvalue weighted by Gasteiger charge is -2.25. The second-order valence-electron chi connectivity index (χ2n) is 6.62. The summed E-state index contributed by atoms with van der Waals surface area (Å²) in [4.78, 5) is 26.1. The molecule has 0 saturated carbocycles. The maximum Gasteiger partial charge on any atom is 0.242 e. The molecule has 5 nitrogen and oxygen atoms in total. The molecule has 2 unspecified atom stereocenters. The topological polar surface area (TPSA) is 69.6 Å². The van der Waals surface area contributed by atoms with Crippen molar-refractivity contribution >= 4 is 11.8 Å². The first-order valence-corrected chi connectivity index (χ1v) is 8.19. The third-order valence-corrected chi connectivity index (χ3v) is 4.36. The van der Waals surface area contributed by atoms with Crippen LogP contribution in [0.5, 0.6) is 0 Å². The predicted octanol–water partition coefficient (Wildman–Crippen LogP) is 1.62. The van der Waals surface area contributed by atoms with E-state index in [1.54, 1.807) is 4.90 Å². The lowest BCUT2D eigenvalue weighted by molar-refractivity contribution is -0.136. The summed E-state index contributed by atoms with van der Waals surface area (Å²) in [6.45, 7) is 6.49. The highest BCUT2D eigenvalue weighted by Crippen LogP contribution is 2.22. The fourth-order valence-electron chi connectivity index (χ4n) is 2.65. The molecule has 2 atom stereocenters. The highest BCUT2D eigenvalue weighted by molar-refractivity contribution is 5.90. The van der Waals surface area contributed by atoms with Crippen molar-refractivity contribution in [2.75, 3.05) is 6.54 Å². The smallest absolute Gasteiger partial charge is 0.242 e. The van der Waals surface area contributed by atoms with Crippen LogP contribution < -0.4 is 5.32 Å². The van der Waals surface area contributed by atoms with Crippen molar-refractivity contribution in [2.24, 2.45) is 5.92 Å². The molecule has 0 radical (unpaired) electrons. The third-order valence-electron chi connectivity index (χ3n) is 4.36. The Balaban J connectivity index is 1.98. The van der Waals surface area contributed by atoms with Crippen molar-refractivity contribution < 1.29 is 14.7 Å². The number of amides is 2. The summed E-state index contributed by atoms with van der Waals surface area (Å²) < 4.78 is 0. The molecule has 1 heterocycles. The first kappa shape index (κ1) is 17.5. The van der Waals surface area contributed by atoms with E-state index in [0.29, 0.717) is 19.4 Å². The molecule has 2 N–H and O–H groups in total. The molecule has 1 aliphatic heterocycles. The molecular formula is C18H26N2O3. The third kappa shape index (κ3) is 4.55. The zero-order valence-corrected chi connectivity index (χ0v) is 14.1.